The predicted octanol–water partition coefficient (Wildman–Crippen LogP) is 4.69. The van der Waals surface area contributed by atoms with Crippen molar-refractivity contribution in [2.24, 2.45) is 11.8 Å². The topological polar surface area (TPSA) is 94.8 Å². The van der Waals surface area contributed by atoms with E-state index in [1.54, 1.807) is 13.8 Å². The van der Waals surface area contributed by atoms with Crippen LogP contribution in [0, 0.1) is 25.7 Å². The molecular formula is C20H30O5S2. The van der Waals surface area contributed by atoms with E-state index < -0.39 is 39.7 Å². The van der Waals surface area contributed by atoms with E-state index in [1.165, 1.54) is 6.92 Å². The van der Waals surface area contributed by atoms with Gasteiger partial charge in [-0.2, -0.15) is 25.3 Å². The van der Waals surface area contributed by atoms with E-state index >= 15 is 0 Å². The van der Waals surface area contributed by atoms with Gasteiger partial charge in [-0.05, 0) is 36.0 Å². The van der Waals surface area contributed by atoms with Crippen molar-refractivity contribution in [2.45, 2.75) is 64.4 Å². The lowest BCUT2D eigenvalue weighted by Crippen LogP contribution is -2.23. The molecule has 0 spiro atoms. The maximum absolute atomic E-state index is 11.5. The number of hydrogen-bond acceptors (Lipinski definition) is 5. The number of benzene rings is 1. The molecule has 0 heterocycles. The number of carboxylic acids is 2. The second kappa shape index (κ2) is 8.35. The fourth-order valence-corrected chi connectivity index (χ4v) is 4.50. The third-order valence-electron chi connectivity index (χ3n) is 5.15. The molecule has 0 aliphatic rings. The summed E-state index contributed by atoms with van der Waals surface area (Å²) < 4.78 is 0. The van der Waals surface area contributed by atoms with Crippen molar-refractivity contribution in [3.8, 4) is 5.75 Å². The third kappa shape index (κ3) is 4.57. The maximum atomic E-state index is 11.5. The minimum Gasteiger partial charge on any atom is -0.507 e. The first-order chi connectivity index (χ1) is 12.1. The summed E-state index contributed by atoms with van der Waals surface area (Å²) in [6, 6.07) is 0. The second-order valence-electron chi connectivity index (χ2n) is 8.19. The van der Waals surface area contributed by atoms with Crippen LogP contribution in [0.25, 0.3) is 0 Å². The average molecular weight is 415 g/mol. The highest BCUT2D eigenvalue weighted by Crippen LogP contribution is 2.48. The molecule has 0 bridgehead atoms. The molecule has 5 nitrogen and oxygen atoms in total. The molecule has 0 fully saturated rings. The smallest absolute Gasteiger partial charge is 0.307 e. The molecule has 7 heteroatoms. The Bertz CT molecular complexity index is 699. The lowest BCUT2D eigenvalue weighted by Gasteiger charge is -2.33. The van der Waals surface area contributed by atoms with Crippen molar-refractivity contribution in [1.82, 2.24) is 0 Å². The zero-order chi connectivity index (χ0) is 21.4. The molecule has 152 valence electrons. The molecule has 0 saturated heterocycles. The summed E-state index contributed by atoms with van der Waals surface area (Å²) in [6.45, 7) is 12.6. The molecule has 0 aromatic heterocycles. The third-order valence-corrected chi connectivity index (χ3v) is 6.56. The van der Waals surface area contributed by atoms with E-state index in [-0.39, 0.29) is 5.75 Å². The Morgan fingerprint density at radius 2 is 1.22 bits per heavy atom. The van der Waals surface area contributed by atoms with Crippen LogP contribution in [-0.4, -0.2) is 27.3 Å². The number of rotatable bonds is 6. The summed E-state index contributed by atoms with van der Waals surface area (Å²) in [6.07, 6.45) is 0. The number of aromatic hydroxyl groups is 1. The van der Waals surface area contributed by atoms with Gasteiger partial charge in [-0.3, -0.25) is 9.59 Å². The molecule has 1 aromatic carbocycles. The molecule has 0 aliphatic carbocycles. The van der Waals surface area contributed by atoms with Crippen LogP contribution in [0.3, 0.4) is 0 Å². The Labute approximate surface area is 172 Å². The first-order valence-corrected chi connectivity index (χ1v) is 9.85. The van der Waals surface area contributed by atoms with Crippen molar-refractivity contribution in [2.75, 3.05) is 0 Å². The molecule has 0 radical (unpaired) electrons. The first-order valence-electron chi connectivity index (χ1n) is 8.82. The molecular weight excluding hydrogens is 384 g/mol. The summed E-state index contributed by atoms with van der Waals surface area (Å²) in [5.41, 5.74) is 2.77. The fourth-order valence-electron chi connectivity index (χ4n) is 3.54. The Kier molecular flexibility index (Phi) is 7.33. The Morgan fingerprint density at radius 3 is 1.56 bits per heavy atom. The van der Waals surface area contributed by atoms with E-state index in [1.807, 2.05) is 27.7 Å². The summed E-state index contributed by atoms with van der Waals surface area (Å²) in [7, 11) is 0. The van der Waals surface area contributed by atoms with Gasteiger partial charge in [-0.1, -0.05) is 34.6 Å². The van der Waals surface area contributed by atoms with E-state index in [2.05, 4.69) is 25.3 Å². The molecule has 4 atom stereocenters. The molecule has 1 aromatic rings. The van der Waals surface area contributed by atoms with E-state index in [9.17, 15) is 24.9 Å². The van der Waals surface area contributed by atoms with Crippen molar-refractivity contribution >= 4 is 37.2 Å². The standard InChI is InChI=1S/C20H30O5S2/c1-8-12(16(26)10(3)18(22)23)9(2)14(20(5,6)7)15(21)13(8)17(27)11(4)19(24)25/h10-11,16-17,21,26-27H,1-7H3,(H,22,23)(H,24,25). The van der Waals surface area contributed by atoms with Crippen LogP contribution >= 0.6 is 25.3 Å². The van der Waals surface area contributed by atoms with Gasteiger partial charge < -0.3 is 15.3 Å². The van der Waals surface area contributed by atoms with E-state index in [0.29, 0.717) is 22.3 Å². The molecule has 0 amide bonds. The minimum atomic E-state index is -1.02. The lowest BCUT2D eigenvalue weighted by molar-refractivity contribution is -0.142. The minimum absolute atomic E-state index is 0.0258. The summed E-state index contributed by atoms with van der Waals surface area (Å²) in [5, 5.41) is 28.5. The Balaban J connectivity index is 3.92. The van der Waals surface area contributed by atoms with Crippen molar-refractivity contribution < 1.29 is 24.9 Å². The van der Waals surface area contributed by atoms with Crippen LogP contribution in [0.4, 0.5) is 0 Å². The number of phenols is 1. The molecule has 3 N–H and O–H groups in total. The zero-order valence-electron chi connectivity index (χ0n) is 16.9. The van der Waals surface area contributed by atoms with Gasteiger partial charge in [0.25, 0.3) is 0 Å². The normalized spacial score (nSPS) is 16.5. The van der Waals surface area contributed by atoms with E-state index in [4.69, 9.17) is 0 Å². The number of aliphatic carboxylic acids is 2. The van der Waals surface area contributed by atoms with Gasteiger partial charge in [0.15, 0.2) is 0 Å². The summed E-state index contributed by atoms with van der Waals surface area (Å²) >= 11 is 9.07. The van der Waals surface area contributed by atoms with Crippen LogP contribution in [0.1, 0.15) is 72.9 Å². The highest BCUT2D eigenvalue weighted by Gasteiger charge is 2.35. The monoisotopic (exact) mass is 414 g/mol. The van der Waals surface area contributed by atoms with Crippen LogP contribution < -0.4 is 0 Å². The van der Waals surface area contributed by atoms with Crippen LogP contribution in [0.15, 0.2) is 0 Å². The van der Waals surface area contributed by atoms with Gasteiger partial charge in [0.1, 0.15) is 5.75 Å². The number of carboxylic acid groups (broad SMARTS) is 2. The van der Waals surface area contributed by atoms with Crippen molar-refractivity contribution in [1.29, 1.82) is 0 Å². The van der Waals surface area contributed by atoms with Crippen molar-refractivity contribution in [3.63, 3.8) is 0 Å². The lowest BCUT2D eigenvalue weighted by atomic mass is 9.76. The number of carbonyl (C=O) groups is 2. The maximum Gasteiger partial charge on any atom is 0.307 e. The van der Waals surface area contributed by atoms with Gasteiger partial charge >= 0.3 is 11.9 Å². The Hall–Kier alpha value is -1.34. The number of thiol groups is 2. The molecule has 1 rings (SSSR count). The second-order valence-corrected chi connectivity index (χ2v) is 9.31. The summed E-state index contributed by atoms with van der Waals surface area (Å²) in [4.78, 5) is 23.0. The predicted molar refractivity (Wildman–Crippen MR) is 113 cm³/mol. The molecule has 4 unspecified atom stereocenters. The van der Waals surface area contributed by atoms with Crippen LogP contribution in [0.2, 0.25) is 0 Å². The zero-order valence-corrected chi connectivity index (χ0v) is 18.7. The van der Waals surface area contributed by atoms with Gasteiger partial charge in [0.05, 0.1) is 11.8 Å². The van der Waals surface area contributed by atoms with Gasteiger partial charge in [-0.15, -0.1) is 0 Å². The SMILES string of the molecule is Cc1c(C(S)C(C)C(=O)O)c(C)c(C(C)(C)C)c(O)c1C(S)C(C)C(=O)O. The highest BCUT2D eigenvalue weighted by atomic mass is 32.1. The van der Waals surface area contributed by atoms with Gasteiger partial charge in [0.2, 0.25) is 0 Å². The molecule has 27 heavy (non-hydrogen) atoms. The number of phenolic OH excluding ortho intramolecular Hbond substituents is 1. The fraction of sp³-hybridized carbons (Fsp3) is 0.600. The van der Waals surface area contributed by atoms with Gasteiger partial charge in [-0.25, -0.2) is 0 Å². The van der Waals surface area contributed by atoms with Crippen LogP contribution in [-0.2, 0) is 15.0 Å². The largest absolute Gasteiger partial charge is 0.507 e. The van der Waals surface area contributed by atoms with E-state index in [0.717, 1.165) is 5.56 Å². The number of hydrogen-bond donors (Lipinski definition) is 5. The van der Waals surface area contributed by atoms with Gasteiger partial charge in [0, 0.05) is 21.6 Å². The quantitative estimate of drug-likeness (QED) is 0.435. The molecule has 0 aliphatic heterocycles. The van der Waals surface area contributed by atoms with Crippen molar-refractivity contribution in [3.05, 3.63) is 27.8 Å². The molecule has 0 saturated carbocycles. The Morgan fingerprint density at radius 1 is 0.852 bits per heavy atom. The highest BCUT2D eigenvalue weighted by molar-refractivity contribution is 7.80. The summed E-state index contributed by atoms with van der Waals surface area (Å²) in [5.74, 6) is -3.56. The van der Waals surface area contributed by atoms with Crippen LogP contribution in [0.5, 0.6) is 5.75 Å². The first kappa shape index (κ1) is 23.7. The average Bonchev–Trinajstić information content (AvgIpc) is 2.50.